The lowest BCUT2D eigenvalue weighted by Crippen LogP contribution is -0.961. The molecular formula is C5H5N5S5. The van der Waals surface area contributed by atoms with Crippen molar-refractivity contribution in [2.75, 3.05) is 0 Å². The Labute approximate surface area is 116 Å². The maximum atomic E-state index is 7.18. The van der Waals surface area contributed by atoms with Gasteiger partial charge in [-0.3, -0.25) is 0 Å². The summed E-state index contributed by atoms with van der Waals surface area (Å²) >= 11 is 15.5. The molecule has 0 aliphatic carbocycles. The first kappa shape index (κ1) is 29.2. The van der Waals surface area contributed by atoms with Gasteiger partial charge < -0.3 is 0 Å². The van der Waals surface area contributed by atoms with E-state index in [4.69, 9.17) is 26.3 Å². The summed E-state index contributed by atoms with van der Waals surface area (Å²) in [7, 11) is 0. The predicted molar refractivity (Wildman–Crippen MR) is 73.0 cm³/mol. The van der Waals surface area contributed by atoms with Crippen LogP contribution in [0.4, 0.5) is 0 Å². The molecule has 80 valence electrons. The van der Waals surface area contributed by atoms with Crippen molar-refractivity contribution in [2.45, 2.75) is 0 Å². The molecule has 0 atom stereocenters. The Morgan fingerprint density at radius 2 is 0.400 bits per heavy atom. The molecule has 15 heavy (non-hydrogen) atoms. The third-order valence-corrected chi connectivity index (χ3v) is 0. The zero-order chi connectivity index (χ0) is 13.5. The minimum atomic E-state index is 1.44. The number of thiocyanates is 5. The molecule has 0 heterocycles. The summed E-state index contributed by atoms with van der Waals surface area (Å²) in [5.41, 5.74) is 0. The molecule has 0 radical (unpaired) electrons. The van der Waals surface area contributed by atoms with Gasteiger partial charge in [0.15, 0.2) is 0 Å². The van der Waals surface area contributed by atoms with Crippen molar-refractivity contribution in [2.24, 2.45) is 0 Å². The number of thiol groups is 5. The van der Waals surface area contributed by atoms with Crippen LogP contribution in [0.2, 0.25) is 0 Å². The van der Waals surface area contributed by atoms with Crippen LogP contribution in [0.3, 0.4) is 0 Å². The van der Waals surface area contributed by atoms with E-state index in [0.717, 1.165) is 0 Å². The Bertz CT molecular complexity index is 201. The molecule has 0 aromatic heterocycles. The number of nitrogens with zero attached hydrogens (tertiary/aromatic N) is 5. The van der Waals surface area contributed by atoms with Crippen molar-refractivity contribution in [1.82, 2.24) is 0 Å². The summed E-state index contributed by atoms with van der Waals surface area (Å²) in [6, 6.07) is 0. The first-order valence-corrected chi connectivity index (χ1v) is 4.47. The van der Waals surface area contributed by atoms with Crippen molar-refractivity contribution in [1.29, 1.82) is 26.3 Å². The highest BCUT2D eigenvalue weighted by Crippen LogP contribution is 1.47. The number of hydrogen-bond acceptors (Lipinski definition) is 10. The second-order valence-corrected chi connectivity index (χ2v) is 1.50. The Morgan fingerprint density at radius 1 is 0.400 bits per heavy atom. The lowest BCUT2D eigenvalue weighted by atomic mass is 11.8. The number of hydrogen-bond donors (Lipinski definition) is 5. The van der Waals surface area contributed by atoms with Crippen LogP contribution in [0.15, 0.2) is 0 Å². The van der Waals surface area contributed by atoms with Crippen molar-refractivity contribution in [3.63, 3.8) is 0 Å². The molecule has 0 amide bonds. The molecule has 0 bridgehead atoms. The first-order valence-electron chi connectivity index (χ1n) is 2.24. The molecule has 0 N–H and O–H groups in total. The van der Waals surface area contributed by atoms with E-state index in [2.05, 4.69) is 63.1 Å². The average Bonchev–Trinajstić information content (AvgIpc) is 2.09. The second-order valence-electron chi connectivity index (χ2n) is 0.500. The third-order valence-electron chi connectivity index (χ3n) is 0. The Balaban J connectivity index is -0.0000000278. The maximum absolute atomic E-state index is 7.18. The molecule has 0 rings (SSSR count). The number of nitriles is 5. The largest absolute Gasteiger partial charge is 0.185 e. The fraction of sp³-hybridized carbons (Fsp3) is 0. The molecule has 0 aliphatic rings. The zero-order valence-corrected chi connectivity index (χ0v) is 11.4. The van der Waals surface area contributed by atoms with Gasteiger partial charge in [0.2, 0.25) is 0 Å². The van der Waals surface area contributed by atoms with Crippen LogP contribution in [0.25, 0.3) is 0 Å². The van der Waals surface area contributed by atoms with Gasteiger partial charge in [-0.2, -0.15) is 26.3 Å². The highest BCUT2D eigenvalue weighted by atomic mass is 32.1. The van der Waals surface area contributed by atoms with Crippen LogP contribution in [0.5, 0.6) is 0 Å². The predicted octanol–water partition coefficient (Wildman–Crippen LogP) is 1.99. The summed E-state index contributed by atoms with van der Waals surface area (Å²) in [5, 5.41) is 43.1. The van der Waals surface area contributed by atoms with E-state index < -0.39 is 0 Å². The quantitative estimate of drug-likeness (QED) is 0.346. The maximum Gasteiger partial charge on any atom is 0.130 e. The Morgan fingerprint density at radius 3 is 0.400 bits per heavy atom. The van der Waals surface area contributed by atoms with Crippen LogP contribution in [-0.2, 0) is 0 Å². The zero-order valence-electron chi connectivity index (χ0n) is 6.97. The van der Waals surface area contributed by atoms with E-state index in [9.17, 15) is 0 Å². The van der Waals surface area contributed by atoms with Gasteiger partial charge in [-0.25, -0.2) is 0 Å². The van der Waals surface area contributed by atoms with Crippen molar-refractivity contribution >= 4 is 63.1 Å². The average molecular weight is 295 g/mol. The van der Waals surface area contributed by atoms with Crippen LogP contribution in [-0.4, -0.2) is 0 Å². The fourth-order valence-electron chi connectivity index (χ4n) is 0. The standard InChI is InChI=1S/5CHNS/c5*2-1-3/h5*3H. The van der Waals surface area contributed by atoms with E-state index in [1.807, 2.05) is 0 Å². The third kappa shape index (κ3) is 2590. The Kier molecular flexibility index (Phi) is 217. The lowest BCUT2D eigenvalue weighted by Gasteiger charge is -1.14. The first-order chi connectivity index (χ1) is 7.07. The van der Waals surface area contributed by atoms with E-state index in [1.165, 1.54) is 27.0 Å². The monoisotopic (exact) mass is 295 g/mol. The summed E-state index contributed by atoms with van der Waals surface area (Å²) in [4.78, 5) is 0. The van der Waals surface area contributed by atoms with Gasteiger partial charge >= 0.3 is 0 Å². The van der Waals surface area contributed by atoms with E-state index in [0.29, 0.717) is 0 Å². The van der Waals surface area contributed by atoms with Crippen molar-refractivity contribution in [3.05, 3.63) is 0 Å². The molecule has 0 aromatic rings. The van der Waals surface area contributed by atoms with E-state index in [1.54, 1.807) is 0 Å². The summed E-state index contributed by atoms with van der Waals surface area (Å²) in [5.74, 6) is 0. The van der Waals surface area contributed by atoms with Crippen LogP contribution in [0.1, 0.15) is 0 Å². The van der Waals surface area contributed by atoms with Gasteiger partial charge in [-0.15, -0.1) is 0 Å². The summed E-state index contributed by atoms with van der Waals surface area (Å²) in [6.45, 7) is 0. The van der Waals surface area contributed by atoms with Gasteiger partial charge in [0, 0.05) is 0 Å². The molecule has 0 spiro atoms. The normalized spacial score (nSPS) is 2.67. The Hall–Kier alpha value is -0.800. The van der Waals surface area contributed by atoms with Crippen molar-refractivity contribution < 1.29 is 0 Å². The summed E-state index contributed by atoms with van der Waals surface area (Å²) < 4.78 is 0. The summed E-state index contributed by atoms with van der Waals surface area (Å²) in [6.07, 6.45) is 0. The topological polar surface area (TPSA) is 119 Å². The molecular weight excluding hydrogens is 290 g/mol. The van der Waals surface area contributed by atoms with Crippen LogP contribution >= 0.6 is 63.1 Å². The van der Waals surface area contributed by atoms with Crippen LogP contribution in [0, 0.1) is 53.3 Å². The molecule has 0 aromatic carbocycles. The minimum Gasteiger partial charge on any atom is -0.185 e. The van der Waals surface area contributed by atoms with E-state index >= 15 is 0 Å². The second kappa shape index (κ2) is 111. The smallest absolute Gasteiger partial charge is 0.130 e. The molecule has 5 nitrogen and oxygen atoms in total. The molecule has 0 saturated carbocycles. The SMILES string of the molecule is N#CS.N#CS.N#CS.N#CS.N#CS. The molecule has 10 heteroatoms. The molecule has 0 aliphatic heterocycles. The van der Waals surface area contributed by atoms with Gasteiger partial charge in [0.25, 0.3) is 0 Å². The minimum absolute atomic E-state index is 1.44. The lowest BCUT2D eigenvalue weighted by molar-refractivity contribution is 1.57. The van der Waals surface area contributed by atoms with Crippen molar-refractivity contribution in [3.8, 4) is 27.0 Å². The van der Waals surface area contributed by atoms with Gasteiger partial charge in [0.05, 0.1) is 0 Å². The van der Waals surface area contributed by atoms with Gasteiger partial charge in [0.1, 0.15) is 27.0 Å². The van der Waals surface area contributed by atoms with Gasteiger partial charge in [-0.05, 0) is 0 Å². The van der Waals surface area contributed by atoms with E-state index in [-0.39, 0.29) is 0 Å². The number of rotatable bonds is 0. The highest BCUT2D eigenvalue weighted by Gasteiger charge is 1.19. The highest BCUT2D eigenvalue weighted by molar-refractivity contribution is 7.85. The fourth-order valence-corrected chi connectivity index (χ4v) is 0. The molecule has 0 fully saturated rings. The molecule has 0 unspecified atom stereocenters. The molecule has 0 saturated heterocycles. The van der Waals surface area contributed by atoms with Crippen LogP contribution < -0.4 is 0 Å². The van der Waals surface area contributed by atoms with Gasteiger partial charge in [-0.1, -0.05) is 63.1 Å².